The SMILES string of the molecule is CC(O)CNCCNC(=O)c1ccccc1Br. The molecule has 1 atom stereocenters. The average molecular weight is 301 g/mol. The molecule has 94 valence electrons. The fraction of sp³-hybridized carbons (Fsp3) is 0.417. The second kappa shape index (κ2) is 7.42. The third-order valence-corrected chi connectivity index (χ3v) is 2.84. The van der Waals surface area contributed by atoms with Crippen LogP contribution in [0.4, 0.5) is 0 Å². The van der Waals surface area contributed by atoms with Gasteiger partial charge in [-0.2, -0.15) is 0 Å². The Balaban J connectivity index is 2.29. The molecule has 1 aromatic rings. The highest BCUT2D eigenvalue weighted by Crippen LogP contribution is 2.15. The molecule has 1 rings (SSSR count). The number of rotatable bonds is 6. The number of aliphatic hydroxyl groups excluding tert-OH is 1. The number of hydrogen-bond acceptors (Lipinski definition) is 3. The molecule has 17 heavy (non-hydrogen) atoms. The van der Waals surface area contributed by atoms with Gasteiger partial charge in [0, 0.05) is 24.1 Å². The van der Waals surface area contributed by atoms with E-state index in [4.69, 9.17) is 5.11 Å². The quantitative estimate of drug-likeness (QED) is 0.691. The average Bonchev–Trinajstić information content (AvgIpc) is 2.28. The van der Waals surface area contributed by atoms with Gasteiger partial charge in [-0.05, 0) is 35.0 Å². The topological polar surface area (TPSA) is 61.4 Å². The van der Waals surface area contributed by atoms with E-state index in [0.29, 0.717) is 25.2 Å². The molecule has 1 aromatic carbocycles. The lowest BCUT2D eigenvalue weighted by Gasteiger charge is -2.08. The lowest BCUT2D eigenvalue weighted by Crippen LogP contribution is -2.34. The Morgan fingerprint density at radius 1 is 1.41 bits per heavy atom. The zero-order valence-electron chi connectivity index (χ0n) is 9.74. The molecule has 0 saturated heterocycles. The van der Waals surface area contributed by atoms with Gasteiger partial charge < -0.3 is 15.7 Å². The third kappa shape index (κ3) is 5.30. The number of halogens is 1. The van der Waals surface area contributed by atoms with Gasteiger partial charge >= 0.3 is 0 Å². The Hall–Kier alpha value is -0.910. The van der Waals surface area contributed by atoms with E-state index in [-0.39, 0.29) is 12.0 Å². The van der Waals surface area contributed by atoms with Gasteiger partial charge in [-0.25, -0.2) is 0 Å². The van der Waals surface area contributed by atoms with Crippen LogP contribution in [-0.2, 0) is 0 Å². The lowest BCUT2D eigenvalue weighted by molar-refractivity contribution is 0.0953. The van der Waals surface area contributed by atoms with Crippen LogP contribution in [0.15, 0.2) is 28.7 Å². The molecule has 0 aliphatic heterocycles. The van der Waals surface area contributed by atoms with Crippen molar-refractivity contribution in [2.45, 2.75) is 13.0 Å². The molecule has 0 aromatic heterocycles. The maximum absolute atomic E-state index is 11.7. The number of amides is 1. The minimum Gasteiger partial charge on any atom is -0.392 e. The van der Waals surface area contributed by atoms with Gasteiger partial charge in [0.2, 0.25) is 0 Å². The standard InChI is InChI=1S/C12H17BrN2O2/c1-9(16)8-14-6-7-15-12(17)10-4-2-3-5-11(10)13/h2-5,9,14,16H,6-8H2,1H3,(H,15,17). The summed E-state index contributed by atoms with van der Waals surface area (Å²) in [5.41, 5.74) is 0.628. The zero-order valence-corrected chi connectivity index (χ0v) is 11.3. The molecule has 1 amide bonds. The predicted octanol–water partition coefficient (Wildman–Crippen LogP) is 1.15. The molecule has 1 unspecified atom stereocenters. The molecule has 0 aliphatic carbocycles. The van der Waals surface area contributed by atoms with E-state index in [1.807, 2.05) is 18.2 Å². The van der Waals surface area contributed by atoms with Crippen LogP contribution in [0.5, 0.6) is 0 Å². The predicted molar refractivity (Wildman–Crippen MR) is 71.0 cm³/mol. The summed E-state index contributed by atoms with van der Waals surface area (Å²) in [7, 11) is 0. The van der Waals surface area contributed by atoms with E-state index in [2.05, 4.69) is 26.6 Å². The second-order valence-electron chi connectivity index (χ2n) is 3.79. The normalized spacial score (nSPS) is 12.2. The molecular weight excluding hydrogens is 284 g/mol. The van der Waals surface area contributed by atoms with Crippen LogP contribution >= 0.6 is 15.9 Å². The summed E-state index contributed by atoms with van der Waals surface area (Å²) < 4.78 is 0.787. The number of benzene rings is 1. The van der Waals surface area contributed by atoms with Crippen molar-refractivity contribution in [1.82, 2.24) is 10.6 Å². The zero-order chi connectivity index (χ0) is 12.7. The summed E-state index contributed by atoms with van der Waals surface area (Å²) in [5, 5.41) is 14.8. The first-order valence-corrected chi connectivity index (χ1v) is 6.32. The summed E-state index contributed by atoms with van der Waals surface area (Å²) in [4.78, 5) is 11.7. The largest absolute Gasteiger partial charge is 0.392 e. The maximum Gasteiger partial charge on any atom is 0.252 e. The minimum absolute atomic E-state index is 0.101. The van der Waals surface area contributed by atoms with Gasteiger partial charge in [0.1, 0.15) is 0 Å². The van der Waals surface area contributed by atoms with Gasteiger partial charge in [-0.15, -0.1) is 0 Å². The van der Waals surface area contributed by atoms with Crippen molar-refractivity contribution in [2.75, 3.05) is 19.6 Å². The van der Waals surface area contributed by atoms with Crippen LogP contribution in [0.1, 0.15) is 17.3 Å². The van der Waals surface area contributed by atoms with Crippen LogP contribution in [0.25, 0.3) is 0 Å². The molecule has 3 N–H and O–H groups in total. The van der Waals surface area contributed by atoms with E-state index in [9.17, 15) is 4.79 Å². The van der Waals surface area contributed by atoms with E-state index < -0.39 is 0 Å². The number of aliphatic hydroxyl groups is 1. The van der Waals surface area contributed by atoms with E-state index in [0.717, 1.165) is 4.47 Å². The van der Waals surface area contributed by atoms with Crippen LogP contribution < -0.4 is 10.6 Å². The fourth-order valence-electron chi connectivity index (χ4n) is 1.32. The Morgan fingerprint density at radius 2 is 2.12 bits per heavy atom. The van der Waals surface area contributed by atoms with Crippen LogP contribution in [0.3, 0.4) is 0 Å². The monoisotopic (exact) mass is 300 g/mol. The summed E-state index contributed by atoms with van der Waals surface area (Å²) in [6.07, 6.45) is -0.367. The summed E-state index contributed by atoms with van der Waals surface area (Å²) >= 11 is 3.33. The third-order valence-electron chi connectivity index (χ3n) is 2.15. The Bertz CT molecular complexity index is 369. The van der Waals surface area contributed by atoms with Crippen molar-refractivity contribution in [2.24, 2.45) is 0 Å². The van der Waals surface area contributed by atoms with Gasteiger partial charge in [0.05, 0.1) is 11.7 Å². The Morgan fingerprint density at radius 3 is 2.76 bits per heavy atom. The van der Waals surface area contributed by atoms with E-state index in [1.165, 1.54) is 0 Å². The fourth-order valence-corrected chi connectivity index (χ4v) is 1.78. The van der Waals surface area contributed by atoms with Crippen LogP contribution in [0, 0.1) is 0 Å². The van der Waals surface area contributed by atoms with Crippen LogP contribution in [-0.4, -0.2) is 36.8 Å². The van der Waals surface area contributed by atoms with Crippen molar-refractivity contribution < 1.29 is 9.90 Å². The van der Waals surface area contributed by atoms with E-state index >= 15 is 0 Å². The molecule has 0 heterocycles. The van der Waals surface area contributed by atoms with Crippen molar-refractivity contribution in [3.8, 4) is 0 Å². The first-order valence-electron chi connectivity index (χ1n) is 5.52. The number of carbonyl (C=O) groups excluding carboxylic acids is 1. The lowest BCUT2D eigenvalue weighted by atomic mass is 10.2. The first-order chi connectivity index (χ1) is 8.11. The molecule has 0 saturated carbocycles. The first kappa shape index (κ1) is 14.2. The second-order valence-corrected chi connectivity index (χ2v) is 4.64. The summed E-state index contributed by atoms with van der Waals surface area (Å²) in [5.74, 6) is -0.101. The highest BCUT2D eigenvalue weighted by Gasteiger charge is 2.07. The highest BCUT2D eigenvalue weighted by atomic mass is 79.9. The molecule has 5 heteroatoms. The van der Waals surface area contributed by atoms with Crippen LogP contribution in [0.2, 0.25) is 0 Å². The molecule has 0 fully saturated rings. The van der Waals surface area contributed by atoms with Crippen molar-refractivity contribution in [3.05, 3.63) is 34.3 Å². The molecule has 0 spiro atoms. The van der Waals surface area contributed by atoms with Crippen molar-refractivity contribution in [1.29, 1.82) is 0 Å². The van der Waals surface area contributed by atoms with Gasteiger partial charge in [-0.1, -0.05) is 12.1 Å². The van der Waals surface area contributed by atoms with Gasteiger partial charge in [0.25, 0.3) is 5.91 Å². The molecule has 0 radical (unpaired) electrons. The highest BCUT2D eigenvalue weighted by molar-refractivity contribution is 9.10. The molecule has 4 nitrogen and oxygen atoms in total. The van der Waals surface area contributed by atoms with Gasteiger partial charge in [0.15, 0.2) is 0 Å². The number of carbonyl (C=O) groups is 1. The minimum atomic E-state index is -0.367. The van der Waals surface area contributed by atoms with Gasteiger partial charge in [-0.3, -0.25) is 4.79 Å². The number of hydrogen-bond donors (Lipinski definition) is 3. The van der Waals surface area contributed by atoms with Crippen molar-refractivity contribution >= 4 is 21.8 Å². The summed E-state index contributed by atoms with van der Waals surface area (Å²) in [6, 6.07) is 7.29. The maximum atomic E-state index is 11.7. The molecular formula is C12H17BrN2O2. The van der Waals surface area contributed by atoms with Crippen molar-refractivity contribution in [3.63, 3.8) is 0 Å². The van der Waals surface area contributed by atoms with E-state index in [1.54, 1.807) is 13.0 Å². The molecule has 0 bridgehead atoms. The smallest absolute Gasteiger partial charge is 0.252 e. The Labute approximate surface area is 110 Å². The summed E-state index contributed by atoms with van der Waals surface area (Å²) in [6.45, 7) is 3.42. The Kier molecular flexibility index (Phi) is 6.18. The molecule has 0 aliphatic rings. The number of nitrogens with one attached hydrogen (secondary N) is 2.